The second-order valence-corrected chi connectivity index (χ2v) is 7.29. The minimum Gasteiger partial charge on any atom is -0.452 e. The van der Waals surface area contributed by atoms with Crippen LogP contribution >= 0.6 is 0 Å². The molecule has 1 N–H and O–H groups in total. The van der Waals surface area contributed by atoms with E-state index in [2.05, 4.69) is 25.7 Å². The average Bonchev–Trinajstić information content (AvgIpc) is 3.02. The molecule has 1 aliphatic rings. The van der Waals surface area contributed by atoms with Crippen LogP contribution in [0.4, 0.5) is 5.69 Å². The molecule has 3 rings (SSSR count). The Morgan fingerprint density at radius 1 is 1.13 bits per heavy atom. The van der Waals surface area contributed by atoms with E-state index in [1.54, 1.807) is 6.07 Å². The predicted octanol–water partition coefficient (Wildman–Crippen LogP) is 3.78. The van der Waals surface area contributed by atoms with E-state index >= 15 is 0 Å². The molecule has 2 aromatic carbocycles. The van der Waals surface area contributed by atoms with Crippen LogP contribution in [0.2, 0.25) is 0 Å². The standard InChI is InChI=1S/C24H24N2O5/c1-4-12-26-22(28)18-11-10-16(13-19(18)23(26)29)24(30)31-14-21(27)25-20-9-7-6-8-17(20)15(3)5-2/h4,6-11,13,15H,1,5,12,14H2,2-3H3,(H,25,27). The van der Waals surface area contributed by atoms with E-state index in [0.717, 1.165) is 16.9 Å². The Morgan fingerprint density at radius 3 is 2.55 bits per heavy atom. The fourth-order valence-electron chi connectivity index (χ4n) is 3.37. The molecule has 2 aromatic rings. The number of nitrogens with zero attached hydrogens (tertiary/aromatic N) is 1. The molecule has 1 atom stereocenters. The van der Waals surface area contributed by atoms with Crippen LogP contribution in [0.15, 0.2) is 55.1 Å². The van der Waals surface area contributed by atoms with Crippen LogP contribution in [0.1, 0.15) is 62.8 Å². The van der Waals surface area contributed by atoms with Gasteiger partial charge in [-0.3, -0.25) is 19.3 Å². The molecular weight excluding hydrogens is 396 g/mol. The summed E-state index contributed by atoms with van der Waals surface area (Å²) in [6.45, 7) is 7.29. The number of anilines is 1. The molecule has 7 heteroatoms. The van der Waals surface area contributed by atoms with Crippen molar-refractivity contribution >= 4 is 29.4 Å². The first-order valence-electron chi connectivity index (χ1n) is 10.0. The highest BCUT2D eigenvalue weighted by molar-refractivity contribution is 6.22. The molecule has 3 amide bonds. The fraction of sp³-hybridized carbons (Fsp3) is 0.250. The lowest BCUT2D eigenvalue weighted by atomic mass is 9.97. The van der Waals surface area contributed by atoms with Crippen molar-refractivity contribution in [3.63, 3.8) is 0 Å². The highest BCUT2D eigenvalue weighted by atomic mass is 16.5. The van der Waals surface area contributed by atoms with Crippen molar-refractivity contribution in [3.8, 4) is 0 Å². The third-order valence-corrected chi connectivity index (χ3v) is 5.23. The third-order valence-electron chi connectivity index (χ3n) is 5.23. The van der Waals surface area contributed by atoms with Gasteiger partial charge in [0.15, 0.2) is 6.61 Å². The molecule has 0 radical (unpaired) electrons. The zero-order valence-corrected chi connectivity index (χ0v) is 17.5. The van der Waals surface area contributed by atoms with Crippen LogP contribution in [-0.2, 0) is 9.53 Å². The molecular formula is C24H24N2O5. The van der Waals surface area contributed by atoms with E-state index in [1.165, 1.54) is 24.3 Å². The van der Waals surface area contributed by atoms with Crippen molar-refractivity contribution in [3.05, 3.63) is 77.4 Å². The summed E-state index contributed by atoms with van der Waals surface area (Å²) < 4.78 is 5.11. The largest absolute Gasteiger partial charge is 0.452 e. The number of benzene rings is 2. The maximum Gasteiger partial charge on any atom is 0.338 e. The molecule has 0 spiro atoms. The maximum atomic E-state index is 12.4. The summed E-state index contributed by atoms with van der Waals surface area (Å²) in [5, 5.41) is 2.78. The Hall–Kier alpha value is -3.74. The van der Waals surface area contributed by atoms with Crippen molar-refractivity contribution in [2.24, 2.45) is 0 Å². The molecule has 0 fully saturated rings. The predicted molar refractivity (Wildman–Crippen MR) is 116 cm³/mol. The summed E-state index contributed by atoms with van der Waals surface area (Å²) in [4.78, 5) is 50.4. The second kappa shape index (κ2) is 9.38. The number of carbonyl (C=O) groups excluding carboxylic acids is 4. The second-order valence-electron chi connectivity index (χ2n) is 7.29. The number of hydrogen-bond acceptors (Lipinski definition) is 5. The zero-order valence-electron chi connectivity index (χ0n) is 17.5. The van der Waals surface area contributed by atoms with Gasteiger partial charge in [-0.2, -0.15) is 0 Å². The molecule has 1 aliphatic heterocycles. The number of rotatable bonds is 8. The number of fused-ring (bicyclic) bond motifs is 1. The Labute approximate surface area is 180 Å². The lowest BCUT2D eigenvalue weighted by molar-refractivity contribution is -0.119. The molecule has 1 heterocycles. The smallest absolute Gasteiger partial charge is 0.338 e. The molecule has 0 bridgehead atoms. The van der Waals surface area contributed by atoms with Crippen LogP contribution in [0.25, 0.3) is 0 Å². The molecule has 1 unspecified atom stereocenters. The van der Waals surface area contributed by atoms with E-state index in [4.69, 9.17) is 4.74 Å². The highest BCUT2D eigenvalue weighted by Crippen LogP contribution is 2.27. The third kappa shape index (κ3) is 4.55. The van der Waals surface area contributed by atoms with E-state index < -0.39 is 30.3 Å². The number of amides is 3. The molecule has 31 heavy (non-hydrogen) atoms. The van der Waals surface area contributed by atoms with Gasteiger partial charge in [-0.25, -0.2) is 4.79 Å². The summed E-state index contributed by atoms with van der Waals surface area (Å²) in [5.74, 6) is -1.87. The minimum atomic E-state index is -0.754. The topological polar surface area (TPSA) is 92.8 Å². The number of imide groups is 1. The van der Waals surface area contributed by atoms with Crippen LogP contribution in [0.5, 0.6) is 0 Å². The quantitative estimate of drug-likeness (QED) is 0.399. The van der Waals surface area contributed by atoms with Crippen molar-refractivity contribution < 1.29 is 23.9 Å². The van der Waals surface area contributed by atoms with Gasteiger partial charge in [0.2, 0.25) is 0 Å². The molecule has 0 saturated heterocycles. The van der Waals surface area contributed by atoms with Crippen LogP contribution in [0.3, 0.4) is 0 Å². The van der Waals surface area contributed by atoms with E-state index in [-0.39, 0.29) is 29.2 Å². The Bertz CT molecular complexity index is 1060. The van der Waals surface area contributed by atoms with Gasteiger partial charge in [-0.15, -0.1) is 6.58 Å². The fourth-order valence-corrected chi connectivity index (χ4v) is 3.37. The van der Waals surface area contributed by atoms with Crippen molar-refractivity contribution in [2.45, 2.75) is 26.2 Å². The first-order valence-corrected chi connectivity index (χ1v) is 10.0. The Morgan fingerprint density at radius 2 is 1.84 bits per heavy atom. The van der Waals surface area contributed by atoms with E-state index in [1.807, 2.05) is 18.2 Å². The summed E-state index contributed by atoms with van der Waals surface area (Å²) in [6, 6.07) is 11.6. The number of carbonyl (C=O) groups is 4. The zero-order chi connectivity index (χ0) is 22.5. The summed E-state index contributed by atoms with van der Waals surface area (Å²) in [5.41, 5.74) is 2.14. The van der Waals surface area contributed by atoms with Crippen molar-refractivity contribution in [1.82, 2.24) is 4.90 Å². The first-order chi connectivity index (χ1) is 14.9. The average molecular weight is 420 g/mol. The SMILES string of the molecule is C=CCN1C(=O)c2ccc(C(=O)OCC(=O)Nc3ccccc3C(C)CC)cc2C1=O. The van der Waals surface area contributed by atoms with Gasteiger partial charge in [0, 0.05) is 12.2 Å². The number of para-hydroxylation sites is 1. The van der Waals surface area contributed by atoms with Crippen molar-refractivity contribution in [2.75, 3.05) is 18.5 Å². The van der Waals surface area contributed by atoms with Gasteiger partial charge < -0.3 is 10.1 Å². The minimum absolute atomic E-state index is 0.0877. The van der Waals surface area contributed by atoms with Gasteiger partial charge in [0.05, 0.1) is 16.7 Å². The number of esters is 1. The van der Waals surface area contributed by atoms with Crippen LogP contribution in [-0.4, -0.2) is 41.7 Å². The normalized spacial score (nSPS) is 13.5. The molecule has 0 aromatic heterocycles. The van der Waals surface area contributed by atoms with Gasteiger partial charge in [0.1, 0.15) is 0 Å². The summed E-state index contributed by atoms with van der Waals surface area (Å²) >= 11 is 0. The van der Waals surface area contributed by atoms with Gasteiger partial charge >= 0.3 is 5.97 Å². The van der Waals surface area contributed by atoms with Gasteiger partial charge in [-0.1, -0.05) is 38.1 Å². The highest BCUT2D eigenvalue weighted by Gasteiger charge is 2.35. The monoisotopic (exact) mass is 420 g/mol. The summed E-state index contributed by atoms with van der Waals surface area (Å²) in [6.07, 6.45) is 2.38. The van der Waals surface area contributed by atoms with Crippen LogP contribution in [0, 0.1) is 0 Å². The molecule has 0 saturated carbocycles. The van der Waals surface area contributed by atoms with Crippen LogP contribution < -0.4 is 5.32 Å². The molecule has 160 valence electrons. The molecule has 0 aliphatic carbocycles. The first kappa shape index (κ1) is 22.0. The van der Waals surface area contributed by atoms with E-state index in [0.29, 0.717) is 5.69 Å². The van der Waals surface area contributed by atoms with E-state index in [9.17, 15) is 19.2 Å². The molecule has 7 nitrogen and oxygen atoms in total. The lowest BCUT2D eigenvalue weighted by Crippen LogP contribution is -2.29. The number of hydrogen-bond donors (Lipinski definition) is 1. The summed E-state index contributed by atoms with van der Waals surface area (Å²) in [7, 11) is 0. The number of ether oxygens (including phenoxy) is 1. The van der Waals surface area contributed by atoms with Gasteiger partial charge in [0.25, 0.3) is 17.7 Å². The Kier molecular flexibility index (Phi) is 6.65. The lowest BCUT2D eigenvalue weighted by Gasteiger charge is -2.15. The number of nitrogens with one attached hydrogen (secondary N) is 1. The van der Waals surface area contributed by atoms with Gasteiger partial charge in [-0.05, 0) is 42.2 Å². The van der Waals surface area contributed by atoms with Crippen molar-refractivity contribution in [1.29, 1.82) is 0 Å². The maximum absolute atomic E-state index is 12.4. The Balaban J connectivity index is 1.65.